The average Bonchev–Trinajstić information content (AvgIpc) is 3.04. The summed E-state index contributed by atoms with van der Waals surface area (Å²) in [5.41, 5.74) is 1.98. The van der Waals surface area contributed by atoms with Crippen LogP contribution in [-0.2, 0) is 16.1 Å². The normalized spacial score (nSPS) is 16.1. The quantitative estimate of drug-likeness (QED) is 0.615. The van der Waals surface area contributed by atoms with Crippen molar-refractivity contribution in [3.8, 4) is 0 Å². The second kappa shape index (κ2) is 8.28. The largest absolute Gasteiger partial charge is 0.379 e. The van der Waals surface area contributed by atoms with Gasteiger partial charge in [0.25, 0.3) is 0 Å². The lowest BCUT2D eigenvalue weighted by molar-refractivity contribution is -0.385. The lowest BCUT2D eigenvalue weighted by Crippen LogP contribution is -2.35. The number of nitrogens with zero attached hydrogens (tertiary/aromatic N) is 4. The van der Waals surface area contributed by atoms with Crippen LogP contribution in [0.15, 0.2) is 30.5 Å². The Labute approximate surface area is 157 Å². The van der Waals surface area contributed by atoms with Crippen molar-refractivity contribution in [2.45, 2.75) is 26.4 Å². The summed E-state index contributed by atoms with van der Waals surface area (Å²) < 4.78 is 6.68. The highest BCUT2D eigenvalue weighted by atomic mass is 16.6. The van der Waals surface area contributed by atoms with Gasteiger partial charge in [-0.3, -0.25) is 24.5 Å². The molecule has 1 saturated heterocycles. The van der Waals surface area contributed by atoms with Crippen molar-refractivity contribution in [1.29, 1.82) is 0 Å². The first kappa shape index (κ1) is 19.0. The van der Waals surface area contributed by atoms with Crippen molar-refractivity contribution in [3.05, 3.63) is 51.8 Å². The molecule has 1 aromatic carbocycles. The van der Waals surface area contributed by atoms with Crippen LogP contribution in [0.25, 0.3) is 0 Å². The molecule has 1 fully saturated rings. The minimum absolute atomic E-state index is 0.0952. The molecular weight excluding hydrogens is 350 g/mol. The number of nitro groups is 1. The maximum Gasteiger partial charge on any atom is 0.309 e. The third-order valence-corrected chi connectivity index (χ3v) is 4.57. The van der Waals surface area contributed by atoms with Crippen LogP contribution in [0.3, 0.4) is 0 Å². The van der Waals surface area contributed by atoms with Crippen LogP contribution in [0, 0.1) is 17.0 Å². The molecule has 1 aromatic heterocycles. The molecule has 2 aromatic rings. The van der Waals surface area contributed by atoms with E-state index in [1.807, 2.05) is 24.3 Å². The molecule has 27 heavy (non-hydrogen) atoms. The molecule has 1 unspecified atom stereocenters. The molecule has 0 radical (unpaired) electrons. The number of hydrogen-bond donors (Lipinski definition) is 1. The fourth-order valence-corrected chi connectivity index (χ4v) is 2.98. The Kier molecular flexibility index (Phi) is 5.82. The van der Waals surface area contributed by atoms with Gasteiger partial charge in [0, 0.05) is 25.3 Å². The van der Waals surface area contributed by atoms with Gasteiger partial charge in [-0.05, 0) is 31.5 Å². The molecule has 0 bridgehead atoms. The van der Waals surface area contributed by atoms with Crippen LogP contribution in [-0.4, -0.2) is 51.8 Å². The van der Waals surface area contributed by atoms with Gasteiger partial charge in [-0.1, -0.05) is 12.1 Å². The van der Waals surface area contributed by atoms with E-state index in [4.69, 9.17) is 4.74 Å². The van der Waals surface area contributed by atoms with Crippen LogP contribution >= 0.6 is 0 Å². The van der Waals surface area contributed by atoms with E-state index in [2.05, 4.69) is 15.3 Å². The molecule has 9 nitrogen and oxygen atoms in total. The van der Waals surface area contributed by atoms with Gasteiger partial charge in [-0.25, -0.2) is 0 Å². The second-order valence-corrected chi connectivity index (χ2v) is 6.59. The standard InChI is InChI=1S/C18H23N5O4/c1-13-17(23(25)26)12-22(20-13)14(2)18(24)19-16-5-3-4-15(10-16)11-21-6-8-27-9-7-21/h3-5,10,12,14H,6-9,11H2,1-2H3,(H,19,24). The van der Waals surface area contributed by atoms with E-state index >= 15 is 0 Å². The first-order chi connectivity index (χ1) is 12.9. The van der Waals surface area contributed by atoms with Crippen LogP contribution in [0.2, 0.25) is 0 Å². The highest BCUT2D eigenvalue weighted by Gasteiger charge is 2.22. The predicted octanol–water partition coefficient (Wildman–Crippen LogP) is 2.13. The molecule has 0 spiro atoms. The first-order valence-corrected chi connectivity index (χ1v) is 8.84. The predicted molar refractivity (Wildman–Crippen MR) is 99.5 cm³/mol. The summed E-state index contributed by atoms with van der Waals surface area (Å²) in [6.45, 7) is 7.27. The highest BCUT2D eigenvalue weighted by molar-refractivity contribution is 5.93. The van der Waals surface area contributed by atoms with E-state index in [9.17, 15) is 14.9 Å². The SMILES string of the molecule is Cc1nn(C(C)C(=O)Nc2cccc(CN3CCOCC3)c2)cc1[N+](=O)[O-]. The Morgan fingerprint density at radius 3 is 2.81 bits per heavy atom. The summed E-state index contributed by atoms with van der Waals surface area (Å²) in [5, 5.41) is 17.9. The minimum Gasteiger partial charge on any atom is -0.379 e. The van der Waals surface area contributed by atoms with Crippen molar-refractivity contribution < 1.29 is 14.5 Å². The van der Waals surface area contributed by atoms with E-state index in [-0.39, 0.29) is 17.3 Å². The Morgan fingerprint density at radius 1 is 1.41 bits per heavy atom. The van der Waals surface area contributed by atoms with E-state index < -0.39 is 11.0 Å². The molecule has 2 heterocycles. The van der Waals surface area contributed by atoms with Gasteiger partial charge in [0.2, 0.25) is 5.91 Å². The third-order valence-electron chi connectivity index (χ3n) is 4.57. The molecule has 1 aliphatic heterocycles. The van der Waals surface area contributed by atoms with Crippen molar-refractivity contribution in [2.75, 3.05) is 31.6 Å². The maximum absolute atomic E-state index is 12.5. The Balaban J connectivity index is 1.65. The number of carbonyl (C=O) groups excluding carboxylic acids is 1. The van der Waals surface area contributed by atoms with Crippen LogP contribution in [0.1, 0.15) is 24.2 Å². The summed E-state index contributed by atoms with van der Waals surface area (Å²) in [5.74, 6) is -0.282. The fourth-order valence-electron chi connectivity index (χ4n) is 2.98. The number of amides is 1. The summed E-state index contributed by atoms with van der Waals surface area (Å²) in [7, 11) is 0. The molecule has 1 amide bonds. The Hall–Kier alpha value is -2.78. The molecular formula is C18H23N5O4. The zero-order chi connectivity index (χ0) is 19.4. The Morgan fingerprint density at radius 2 is 2.15 bits per heavy atom. The number of nitrogens with one attached hydrogen (secondary N) is 1. The second-order valence-electron chi connectivity index (χ2n) is 6.59. The van der Waals surface area contributed by atoms with E-state index in [1.54, 1.807) is 13.8 Å². The molecule has 9 heteroatoms. The summed E-state index contributed by atoms with van der Waals surface area (Å²) in [6.07, 6.45) is 1.29. The molecule has 144 valence electrons. The van der Waals surface area contributed by atoms with Crippen LogP contribution < -0.4 is 5.32 Å². The molecule has 3 rings (SSSR count). The van der Waals surface area contributed by atoms with Gasteiger partial charge in [-0.2, -0.15) is 5.10 Å². The van der Waals surface area contributed by atoms with E-state index in [1.165, 1.54) is 10.9 Å². The van der Waals surface area contributed by atoms with Crippen LogP contribution in [0.5, 0.6) is 0 Å². The fraction of sp³-hybridized carbons (Fsp3) is 0.444. The number of hydrogen-bond acceptors (Lipinski definition) is 6. The van der Waals surface area contributed by atoms with Crippen molar-refractivity contribution in [1.82, 2.24) is 14.7 Å². The third kappa shape index (κ3) is 4.69. The minimum atomic E-state index is -0.666. The number of morpholine rings is 1. The molecule has 1 aliphatic rings. The average molecular weight is 373 g/mol. The number of benzene rings is 1. The Bertz CT molecular complexity index is 829. The van der Waals surface area contributed by atoms with E-state index in [0.717, 1.165) is 38.4 Å². The zero-order valence-electron chi connectivity index (χ0n) is 15.4. The molecule has 0 aliphatic carbocycles. The number of carbonyl (C=O) groups is 1. The number of ether oxygens (including phenoxy) is 1. The summed E-state index contributed by atoms with van der Waals surface area (Å²) >= 11 is 0. The zero-order valence-corrected chi connectivity index (χ0v) is 15.4. The highest BCUT2D eigenvalue weighted by Crippen LogP contribution is 2.20. The van der Waals surface area contributed by atoms with Gasteiger partial charge in [0.1, 0.15) is 17.9 Å². The summed E-state index contributed by atoms with van der Waals surface area (Å²) in [6, 6.07) is 7.02. The van der Waals surface area contributed by atoms with Crippen molar-refractivity contribution in [3.63, 3.8) is 0 Å². The smallest absolute Gasteiger partial charge is 0.309 e. The molecule has 1 N–H and O–H groups in total. The lowest BCUT2D eigenvalue weighted by atomic mass is 10.1. The van der Waals surface area contributed by atoms with E-state index in [0.29, 0.717) is 5.69 Å². The number of aromatic nitrogens is 2. The van der Waals surface area contributed by atoms with Crippen molar-refractivity contribution in [2.24, 2.45) is 0 Å². The van der Waals surface area contributed by atoms with Crippen LogP contribution in [0.4, 0.5) is 11.4 Å². The van der Waals surface area contributed by atoms with Gasteiger partial charge >= 0.3 is 5.69 Å². The maximum atomic E-state index is 12.5. The topological polar surface area (TPSA) is 103 Å². The van der Waals surface area contributed by atoms with Crippen molar-refractivity contribution >= 4 is 17.3 Å². The monoisotopic (exact) mass is 373 g/mol. The number of rotatable bonds is 6. The van der Waals surface area contributed by atoms with Gasteiger partial charge in [0.05, 0.1) is 18.1 Å². The molecule has 0 saturated carbocycles. The van der Waals surface area contributed by atoms with Gasteiger partial charge in [-0.15, -0.1) is 0 Å². The molecule has 1 atom stereocenters. The summed E-state index contributed by atoms with van der Waals surface area (Å²) in [4.78, 5) is 25.3. The number of anilines is 1. The first-order valence-electron chi connectivity index (χ1n) is 8.84. The van der Waals surface area contributed by atoms with Gasteiger partial charge < -0.3 is 10.1 Å². The number of aryl methyl sites for hydroxylation is 1. The lowest BCUT2D eigenvalue weighted by Gasteiger charge is -2.26. The van der Waals surface area contributed by atoms with Gasteiger partial charge in [0.15, 0.2) is 0 Å².